The molecule has 0 bridgehead atoms. The highest BCUT2D eigenvalue weighted by Crippen LogP contribution is 2.29. The molecule has 0 amide bonds. The lowest BCUT2D eigenvalue weighted by Gasteiger charge is -2.13. The summed E-state index contributed by atoms with van der Waals surface area (Å²) >= 11 is 0. The van der Waals surface area contributed by atoms with E-state index < -0.39 is 0 Å². The van der Waals surface area contributed by atoms with Crippen LogP contribution >= 0.6 is 0 Å². The third-order valence-electron chi connectivity index (χ3n) is 2.02. The molecule has 1 unspecified atom stereocenters. The molecule has 72 valence electrons. The number of hydrogen-bond donors (Lipinski definition) is 2. The Bertz CT molecular complexity index is 283. The first-order valence-electron chi connectivity index (χ1n) is 4.16. The van der Waals surface area contributed by atoms with E-state index in [1.54, 1.807) is 25.3 Å². The molecule has 2 N–H and O–H groups in total. The fourth-order valence-electron chi connectivity index (χ4n) is 1.21. The fraction of sp³-hybridized carbons (Fsp3) is 0.400. The smallest absolute Gasteiger partial charge is 0.126 e. The highest BCUT2D eigenvalue weighted by Gasteiger charge is 2.10. The second-order valence-corrected chi connectivity index (χ2v) is 3.01. The maximum absolute atomic E-state index is 9.18. The van der Waals surface area contributed by atoms with E-state index in [0.29, 0.717) is 5.75 Å². The van der Waals surface area contributed by atoms with Crippen molar-refractivity contribution in [3.63, 3.8) is 0 Å². The van der Waals surface area contributed by atoms with Gasteiger partial charge in [0.25, 0.3) is 0 Å². The summed E-state index contributed by atoms with van der Waals surface area (Å²) in [7, 11) is 1.54. The summed E-state index contributed by atoms with van der Waals surface area (Å²) in [4.78, 5) is 0. The number of aromatic hydroxyl groups is 1. The van der Waals surface area contributed by atoms with Crippen LogP contribution < -0.4 is 4.74 Å². The van der Waals surface area contributed by atoms with Gasteiger partial charge in [0.05, 0.1) is 7.11 Å². The van der Waals surface area contributed by atoms with Crippen molar-refractivity contribution in [2.24, 2.45) is 0 Å². The third kappa shape index (κ3) is 2.12. The van der Waals surface area contributed by atoms with Gasteiger partial charge in [-0.25, -0.2) is 0 Å². The van der Waals surface area contributed by atoms with Gasteiger partial charge in [-0.3, -0.25) is 0 Å². The van der Waals surface area contributed by atoms with Crippen molar-refractivity contribution >= 4 is 0 Å². The Morgan fingerprint density at radius 2 is 2.15 bits per heavy atom. The zero-order valence-electron chi connectivity index (χ0n) is 7.82. The second kappa shape index (κ2) is 4.14. The molecule has 3 heteroatoms. The van der Waals surface area contributed by atoms with Crippen LogP contribution in [0.1, 0.15) is 18.4 Å². The largest absolute Gasteiger partial charge is 0.508 e. The van der Waals surface area contributed by atoms with Gasteiger partial charge in [-0.05, 0) is 11.6 Å². The average molecular weight is 182 g/mol. The first kappa shape index (κ1) is 9.86. The minimum atomic E-state index is 0.0237. The van der Waals surface area contributed by atoms with Gasteiger partial charge in [0.1, 0.15) is 11.5 Å². The third-order valence-corrected chi connectivity index (χ3v) is 2.02. The number of aliphatic hydroxyl groups excluding tert-OH is 1. The second-order valence-electron chi connectivity index (χ2n) is 3.01. The highest BCUT2D eigenvalue weighted by atomic mass is 16.5. The van der Waals surface area contributed by atoms with Crippen LogP contribution in [0.3, 0.4) is 0 Å². The van der Waals surface area contributed by atoms with E-state index in [-0.39, 0.29) is 18.3 Å². The van der Waals surface area contributed by atoms with Gasteiger partial charge in [-0.15, -0.1) is 0 Å². The van der Waals surface area contributed by atoms with Crippen molar-refractivity contribution in [2.75, 3.05) is 13.7 Å². The standard InChI is InChI=1S/C10H14O3/c1-7(6-11)9-4-3-8(12)5-10(9)13-2/h3-5,7,11-12H,6H2,1-2H3. The van der Waals surface area contributed by atoms with Gasteiger partial charge in [-0.1, -0.05) is 13.0 Å². The van der Waals surface area contributed by atoms with Crippen LogP contribution in [0.2, 0.25) is 0 Å². The number of rotatable bonds is 3. The molecule has 0 fully saturated rings. The quantitative estimate of drug-likeness (QED) is 0.744. The Kier molecular flexibility index (Phi) is 3.14. The van der Waals surface area contributed by atoms with E-state index in [1.807, 2.05) is 6.92 Å². The number of hydrogen-bond acceptors (Lipinski definition) is 3. The van der Waals surface area contributed by atoms with E-state index in [4.69, 9.17) is 9.84 Å². The molecule has 1 aromatic rings. The number of ether oxygens (including phenoxy) is 1. The topological polar surface area (TPSA) is 49.7 Å². The summed E-state index contributed by atoms with van der Waals surface area (Å²) in [6, 6.07) is 4.89. The molecule has 0 aliphatic carbocycles. The molecule has 0 heterocycles. The molecule has 1 atom stereocenters. The molecule has 0 saturated heterocycles. The van der Waals surface area contributed by atoms with Gasteiger partial charge in [0.2, 0.25) is 0 Å². The maximum atomic E-state index is 9.18. The molecule has 0 aliphatic heterocycles. The van der Waals surface area contributed by atoms with Gasteiger partial charge in [0.15, 0.2) is 0 Å². The monoisotopic (exact) mass is 182 g/mol. The number of phenols is 1. The molecule has 0 saturated carbocycles. The van der Waals surface area contributed by atoms with E-state index >= 15 is 0 Å². The molecule has 1 aromatic carbocycles. The van der Waals surface area contributed by atoms with Crippen molar-refractivity contribution < 1.29 is 14.9 Å². The molecule has 3 nitrogen and oxygen atoms in total. The van der Waals surface area contributed by atoms with Gasteiger partial charge < -0.3 is 14.9 Å². The summed E-state index contributed by atoms with van der Waals surface area (Å²) in [6.45, 7) is 1.97. The summed E-state index contributed by atoms with van der Waals surface area (Å²) in [5.74, 6) is 0.808. The highest BCUT2D eigenvalue weighted by molar-refractivity contribution is 5.41. The first-order chi connectivity index (χ1) is 6.19. The minimum absolute atomic E-state index is 0.0237. The van der Waals surface area contributed by atoms with Crippen LogP contribution in [0.5, 0.6) is 11.5 Å². The van der Waals surface area contributed by atoms with Crippen molar-refractivity contribution in [3.8, 4) is 11.5 Å². The van der Waals surface area contributed by atoms with Crippen LogP contribution in [0.15, 0.2) is 18.2 Å². The molecule has 0 spiro atoms. The Morgan fingerprint density at radius 1 is 1.46 bits per heavy atom. The summed E-state index contributed by atoms with van der Waals surface area (Å²) in [5, 5.41) is 18.1. The molecule has 0 radical (unpaired) electrons. The van der Waals surface area contributed by atoms with Crippen molar-refractivity contribution in [1.82, 2.24) is 0 Å². The van der Waals surface area contributed by atoms with Crippen LogP contribution in [-0.2, 0) is 0 Å². The van der Waals surface area contributed by atoms with Gasteiger partial charge >= 0.3 is 0 Å². The van der Waals surface area contributed by atoms with E-state index in [0.717, 1.165) is 5.56 Å². The maximum Gasteiger partial charge on any atom is 0.126 e. The number of phenolic OH excluding ortho intramolecular Hbond substituents is 1. The van der Waals surface area contributed by atoms with Crippen LogP contribution in [-0.4, -0.2) is 23.9 Å². The Balaban J connectivity index is 3.05. The van der Waals surface area contributed by atoms with E-state index in [9.17, 15) is 5.11 Å². The van der Waals surface area contributed by atoms with Crippen LogP contribution in [0.25, 0.3) is 0 Å². The first-order valence-corrected chi connectivity index (χ1v) is 4.16. The molecule has 1 rings (SSSR count). The number of methoxy groups -OCH3 is 1. The molecular formula is C10H14O3. The van der Waals surface area contributed by atoms with Crippen LogP contribution in [0.4, 0.5) is 0 Å². The Morgan fingerprint density at radius 3 is 2.69 bits per heavy atom. The molecule has 13 heavy (non-hydrogen) atoms. The summed E-state index contributed by atoms with van der Waals surface area (Å²) in [6.07, 6.45) is 0. The summed E-state index contributed by atoms with van der Waals surface area (Å²) < 4.78 is 5.08. The van der Waals surface area contributed by atoms with Crippen molar-refractivity contribution in [2.45, 2.75) is 12.8 Å². The SMILES string of the molecule is COc1cc(O)ccc1C(C)CO. The number of benzene rings is 1. The Labute approximate surface area is 77.6 Å². The summed E-state index contributed by atoms with van der Waals surface area (Å²) in [5.41, 5.74) is 0.905. The minimum Gasteiger partial charge on any atom is -0.508 e. The fourth-order valence-corrected chi connectivity index (χ4v) is 1.21. The predicted molar refractivity (Wildman–Crippen MR) is 50.2 cm³/mol. The van der Waals surface area contributed by atoms with Gasteiger partial charge in [-0.2, -0.15) is 0 Å². The number of aliphatic hydroxyl groups is 1. The lowest BCUT2D eigenvalue weighted by Crippen LogP contribution is -2.01. The van der Waals surface area contributed by atoms with Crippen molar-refractivity contribution in [1.29, 1.82) is 0 Å². The molecule has 0 aromatic heterocycles. The lowest BCUT2D eigenvalue weighted by molar-refractivity contribution is 0.269. The molecule has 0 aliphatic rings. The average Bonchev–Trinajstić information content (AvgIpc) is 2.16. The lowest BCUT2D eigenvalue weighted by atomic mass is 10.0. The van der Waals surface area contributed by atoms with E-state index in [2.05, 4.69) is 0 Å². The van der Waals surface area contributed by atoms with E-state index in [1.165, 1.54) is 0 Å². The predicted octanol–water partition coefficient (Wildman–Crippen LogP) is 1.50. The van der Waals surface area contributed by atoms with Gasteiger partial charge in [0, 0.05) is 18.6 Å². The zero-order chi connectivity index (χ0) is 9.84. The molecular weight excluding hydrogens is 168 g/mol. The zero-order valence-corrected chi connectivity index (χ0v) is 7.82. The van der Waals surface area contributed by atoms with Crippen molar-refractivity contribution in [3.05, 3.63) is 23.8 Å². The normalized spacial score (nSPS) is 12.5. The Hall–Kier alpha value is -1.22. The van der Waals surface area contributed by atoms with Crippen LogP contribution in [0, 0.1) is 0 Å².